The molecule has 9 heteroatoms. The van der Waals surface area contributed by atoms with Gasteiger partial charge < -0.3 is 19.4 Å². The number of pyridine rings is 2. The van der Waals surface area contributed by atoms with E-state index in [2.05, 4.69) is 43.9 Å². The topological polar surface area (TPSA) is 98.8 Å². The summed E-state index contributed by atoms with van der Waals surface area (Å²) in [7, 11) is 3.83. The number of likely N-dealkylation sites (N-methyl/N-ethyl adjacent to an activating group) is 1. The highest BCUT2D eigenvalue weighted by Gasteiger charge is 2.20. The van der Waals surface area contributed by atoms with Crippen LogP contribution in [0.25, 0.3) is 39.2 Å². The van der Waals surface area contributed by atoms with Crippen LogP contribution >= 0.6 is 0 Å². The second kappa shape index (κ2) is 9.08. The number of rotatable bonds is 4. The summed E-state index contributed by atoms with van der Waals surface area (Å²) in [6.45, 7) is 3.62. The van der Waals surface area contributed by atoms with E-state index < -0.39 is 0 Å². The first kappa shape index (κ1) is 22.8. The molecule has 0 bridgehead atoms. The molecule has 0 saturated carbocycles. The summed E-state index contributed by atoms with van der Waals surface area (Å²) in [4.78, 5) is 30.0. The van der Waals surface area contributed by atoms with Gasteiger partial charge in [-0.2, -0.15) is 5.26 Å². The summed E-state index contributed by atoms with van der Waals surface area (Å²) in [5.41, 5.74) is 5.95. The maximum atomic E-state index is 13.2. The molecule has 1 aliphatic heterocycles. The van der Waals surface area contributed by atoms with Gasteiger partial charge in [-0.1, -0.05) is 0 Å². The van der Waals surface area contributed by atoms with Crippen molar-refractivity contribution in [3.8, 4) is 34.3 Å². The van der Waals surface area contributed by atoms with Gasteiger partial charge in [0.05, 0.1) is 28.3 Å². The van der Waals surface area contributed by atoms with Crippen LogP contribution in [0.5, 0.6) is 0 Å². The molecule has 0 spiro atoms. The Kier molecular flexibility index (Phi) is 5.58. The molecular formula is C28H26N8O. The van der Waals surface area contributed by atoms with Gasteiger partial charge in [-0.05, 0) is 55.1 Å². The van der Waals surface area contributed by atoms with Crippen LogP contribution in [0.2, 0.25) is 0 Å². The Balaban J connectivity index is 1.42. The molecule has 1 aliphatic rings. The molecule has 0 atom stereocenters. The van der Waals surface area contributed by atoms with Crippen LogP contribution in [0.4, 0.5) is 5.69 Å². The molecule has 0 radical (unpaired) electrons. The first-order chi connectivity index (χ1) is 18.0. The highest BCUT2D eigenvalue weighted by molar-refractivity contribution is 5.82. The highest BCUT2D eigenvalue weighted by Crippen LogP contribution is 2.29. The highest BCUT2D eigenvalue weighted by atomic mass is 16.1. The predicted octanol–water partition coefficient (Wildman–Crippen LogP) is 3.40. The number of aromatic nitrogens is 5. The molecule has 37 heavy (non-hydrogen) atoms. The third-order valence-electron chi connectivity index (χ3n) is 7.01. The molecule has 9 nitrogen and oxygen atoms in total. The fourth-order valence-electron chi connectivity index (χ4n) is 4.91. The van der Waals surface area contributed by atoms with Gasteiger partial charge in [-0.25, -0.2) is 9.78 Å². The van der Waals surface area contributed by atoms with Gasteiger partial charge in [-0.15, -0.1) is 0 Å². The Morgan fingerprint density at radius 2 is 1.81 bits per heavy atom. The zero-order valence-electron chi connectivity index (χ0n) is 20.7. The van der Waals surface area contributed by atoms with Crippen molar-refractivity contribution in [1.29, 1.82) is 5.26 Å². The molecule has 5 heterocycles. The van der Waals surface area contributed by atoms with E-state index in [1.807, 2.05) is 42.7 Å². The van der Waals surface area contributed by atoms with Crippen LogP contribution in [-0.4, -0.2) is 62.2 Å². The number of H-pyrrole nitrogens is 1. The lowest BCUT2D eigenvalue weighted by molar-refractivity contribution is 0.313. The van der Waals surface area contributed by atoms with Gasteiger partial charge in [0.15, 0.2) is 0 Å². The normalized spacial score (nSPS) is 14.2. The van der Waals surface area contributed by atoms with Crippen molar-refractivity contribution in [2.45, 2.75) is 0 Å². The average Bonchev–Trinajstić information content (AvgIpc) is 3.52. The number of nitrogens with zero attached hydrogens (tertiary/aromatic N) is 7. The molecule has 1 aromatic carbocycles. The minimum absolute atomic E-state index is 0.200. The summed E-state index contributed by atoms with van der Waals surface area (Å²) in [5, 5.41) is 11.0. The molecular weight excluding hydrogens is 464 g/mol. The van der Waals surface area contributed by atoms with E-state index in [0.29, 0.717) is 22.6 Å². The van der Waals surface area contributed by atoms with E-state index in [1.165, 1.54) is 4.57 Å². The number of hydrogen-bond donors (Lipinski definition) is 1. The van der Waals surface area contributed by atoms with Gasteiger partial charge in [0.2, 0.25) is 0 Å². The van der Waals surface area contributed by atoms with Crippen molar-refractivity contribution in [3.05, 3.63) is 83.3 Å². The standard InChI is InChI=1S/C28H26N8O/c1-33-9-11-35(12-10-33)25-4-3-23(14-21(25)16-29)36-26(18-34(2)28(36)37)24-15-19(5-7-30-24)22-13-20-6-8-31-27(20)32-17-22/h3-8,13-15,17-18H,9-12H2,1-2H3,(H,31,32). The van der Waals surface area contributed by atoms with Crippen molar-refractivity contribution in [1.82, 2.24) is 29.0 Å². The fraction of sp³-hybridized carbons (Fsp3) is 0.214. The third kappa shape index (κ3) is 4.07. The second-order valence-corrected chi connectivity index (χ2v) is 9.42. The average molecular weight is 491 g/mol. The number of piperazine rings is 1. The first-order valence-corrected chi connectivity index (χ1v) is 12.2. The van der Waals surface area contributed by atoms with Crippen molar-refractivity contribution in [2.24, 2.45) is 7.05 Å². The number of benzene rings is 1. The van der Waals surface area contributed by atoms with E-state index in [9.17, 15) is 10.1 Å². The summed E-state index contributed by atoms with van der Waals surface area (Å²) in [6.07, 6.45) is 7.21. The summed E-state index contributed by atoms with van der Waals surface area (Å²) >= 11 is 0. The Morgan fingerprint density at radius 1 is 0.973 bits per heavy atom. The van der Waals surface area contributed by atoms with Gasteiger partial charge in [-0.3, -0.25) is 9.55 Å². The van der Waals surface area contributed by atoms with Gasteiger partial charge in [0.25, 0.3) is 0 Å². The molecule has 5 aromatic rings. The number of aromatic amines is 1. The monoisotopic (exact) mass is 490 g/mol. The van der Waals surface area contributed by atoms with Gasteiger partial charge in [0, 0.05) is 69.0 Å². The molecule has 1 saturated heterocycles. The van der Waals surface area contributed by atoms with E-state index in [-0.39, 0.29) is 5.69 Å². The second-order valence-electron chi connectivity index (χ2n) is 9.42. The fourth-order valence-corrected chi connectivity index (χ4v) is 4.91. The van der Waals surface area contributed by atoms with Crippen LogP contribution in [0.15, 0.2) is 72.0 Å². The van der Waals surface area contributed by atoms with Gasteiger partial charge in [0.1, 0.15) is 11.7 Å². The van der Waals surface area contributed by atoms with Crippen molar-refractivity contribution in [2.75, 3.05) is 38.1 Å². The largest absolute Gasteiger partial charge is 0.368 e. The molecule has 1 N–H and O–H groups in total. The Bertz CT molecular complexity index is 1710. The van der Waals surface area contributed by atoms with Crippen LogP contribution in [-0.2, 0) is 7.05 Å². The number of hydrogen-bond acceptors (Lipinski definition) is 6. The van der Waals surface area contributed by atoms with Crippen LogP contribution in [0, 0.1) is 11.3 Å². The van der Waals surface area contributed by atoms with Crippen molar-refractivity contribution >= 4 is 16.7 Å². The van der Waals surface area contributed by atoms with Crippen LogP contribution in [0.1, 0.15) is 5.56 Å². The lowest BCUT2D eigenvalue weighted by atomic mass is 10.1. The zero-order valence-corrected chi connectivity index (χ0v) is 20.7. The number of nitriles is 1. The van der Waals surface area contributed by atoms with E-state index in [4.69, 9.17) is 0 Å². The summed E-state index contributed by atoms with van der Waals surface area (Å²) in [5.74, 6) is 0. The first-order valence-electron chi connectivity index (χ1n) is 12.2. The molecule has 0 aliphatic carbocycles. The SMILES string of the molecule is CN1CCN(c2ccc(-n3c(-c4cc(-c5cnc6[nH]ccc6c5)ccn4)cn(C)c3=O)cc2C#N)CC1. The summed E-state index contributed by atoms with van der Waals surface area (Å²) < 4.78 is 3.16. The molecule has 1 fully saturated rings. The lowest BCUT2D eigenvalue weighted by Crippen LogP contribution is -2.44. The predicted molar refractivity (Wildman–Crippen MR) is 144 cm³/mol. The van der Waals surface area contributed by atoms with Crippen LogP contribution in [0.3, 0.4) is 0 Å². The van der Waals surface area contributed by atoms with Crippen molar-refractivity contribution < 1.29 is 0 Å². The third-order valence-corrected chi connectivity index (χ3v) is 7.01. The smallest absolute Gasteiger partial charge is 0.333 e. The number of aryl methyl sites for hydroxylation is 1. The minimum atomic E-state index is -0.200. The number of nitrogens with one attached hydrogen (secondary N) is 1. The molecule has 0 amide bonds. The van der Waals surface area contributed by atoms with E-state index >= 15 is 0 Å². The minimum Gasteiger partial charge on any atom is -0.368 e. The Hall–Kier alpha value is -4.68. The maximum Gasteiger partial charge on any atom is 0.333 e. The van der Waals surface area contributed by atoms with Crippen molar-refractivity contribution in [3.63, 3.8) is 0 Å². The lowest BCUT2D eigenvalue weighted by Gasteiger charge is -2.34. The molecule has 4 aromatic heterocycles. The van der Waals surface area contributed by atoms with Crippen LogP contribution < -0.4 is 10.6 Å². The molecule has 0 unspecified atom stereocenters. The maximum absolute atomic E-state index is 13.2. The van der Waals surface area contributed by atoms with Gasteiger partial charge >= 0.3 is 5.69 Å². The number of anilines is 1. The number of fused-ring (bicyclic) bond motifs is 1. The zero-order chi connectivity index (χ0) is 25.5. The molecule has 184 valence electrons. The summed E-state index contributed by atoms with van der Waals surface area (Å²) in [6, 6.07) is 16.0. The quantitative estimate of drug-likeness (QED) is 0.415. The Morgan fingerprint density at radius 3 is 2.62 bits per heavy atom. The van der Waals surface area contributed by atoms with E-state index in [1.54, 1.807) is 30.1 Å². The van der Waals surface area contributed by atoms with E-state index in [0.717, 1.165) is 54.0 Å². The molecule has 6 rings (SSSR count). The Labute approximate surface area is 213 Å². The number of imidazole rings is 1.